The number of carbonyl (C=O) groups excluding carboxylic acids is 1. The SMILES string of the molecule is Cc1cc(N2C(=O)[C@H]3CC[C@@H]2C3)ccc1-c1noc(-c2ccc(OC(C)C)c(Cl)c2)n1. The number of ether oxygens (including phenoxy) is 1. The summed E-state index contributed by atoms with van der Waals surface area (Å²) in [6.45, 7) is 5.90. The second-order valence-electron chi connectivity index (χ2n) is 8.61. The number of aryl methyl sites for hydroxylation is 1. The van der Waals surface area contributed by atoms with Crippen molar-refractivity contribution in [2.24, 2.45) is 5.92 Å². The molecule has 2 aliphatic rings. The number of fused-ring (bicyclic) bond motifs is 2. The molecule has 0 N–H and O–H groups in total. The van der Waals surface area contributed by atoms with Crippen LogP contribution in [0.1, 0.15) is 38.7 Å². The van der Waals surface area contributed by atoms with Crippen LogP contribution in [-0.4, -0.2) is 28.2 Å². The largest absolute Gasteiger partial charge is 0.489 e. The fraction of sp³-hybridized carbons (Fsp3) is 0.375. The zero-order valence-corrected chi connectivity index (χ0v) is 18.5. The number of nitrogens with zero attached hydrogens (tertiary/aromatic N) is 3. The molecule has 31 heavy (non-hydrogen) atoms. The van der Waals surface area contributed by atoms with E-state index in [4.69, 9.17) is 20.9 Å². The molecule has 2 heterocycles. The van der Waals surface area contributed by atoms with Gasteiger partial charge in [-0.05, 0) is 82.0 Å². The lowest BCUT2D eigenvalue weighted by molar-refractivity contribution is -0.121. The van der Waals surface area contributed by atoms with Gasteiger partial charge in [-0.1, -0.05) is 16.8 Å². The molecule has 2 atom stereocenters. The number of benzene rings is 2. The Kier molecular flexibility index (Phi) is 4.97. The summed E-state index contributed by atoms with van der Waals surface area (Å²) in [6, 6.07) is 11.7. The maximum Gasteiger partial charge on any atom is 0.258 e. The van der Waals surface area contributed by atoms with Crippen LogP contribution >= 0.6 is 11.6 Å². The van der Waals surface area contributed by atoms with Gasteiger partial charge in [0.25, 0.3) is 5.89 Å². The standard InChI is InChI=1S/C24H24ClN3O3/c1-13(2)30-21-9-5-15(12-20(21)25)23-26-22(27-31-23)19-8-7-17(10-14(19)3)28-18-6-4-16(11-18)24(28)29/h5,7-10,12-13,16,18H,4,6,11H2,1-3H3/t16-,18+/m0/s1. The van der Waals surface area contributed by atoms with E-state index in [1.807, 2.05) is 56.0 Å². The molecule has 160 valence electrons. The average Bonchev–Trinajstić information content (AvgIpc) is 3.45. The molecule has 1 aliphatic carbocycles. The number of carbonyl (C=O) groups is 1. The number of rotatable bonds is 5. The predicted molar refractivity (Wildman–Crippen MR) is 119 cm³/mol. The summed E-state index contributed by atoms with van der Waals surface area (Å²) in [5.74, 6) is 1.98. The topological polar surface area (TPSA) is 68.5 Å². The fourth-order valence-corrected chi connectivity index (χ4v) is 4.84. The van der Waals surface area contributed by atoms with Crippen molar-refractivity contribution in [2.45, 2.75) is 52.2 Å². The van der Waals surface area contributed by atoms with E-state index in [1.54, 1.807) is 6.07 Å². The number of hydrogen-bond acceptors (Lipinski definition) is 5. The van der Waals surface area contributed by atoms with Gasteiger partial charge in [0.15, 0.2) is 0 Å². The van der Waals surface area contributed by atoms with Crippen LogP contribution < -0.4 is 9.64 Å². The summed E-state index contributed by atoms with van der Waals surface area (Å²) in [5, 5.41) is 4.66. The average molecular weight is 438 g/mol. The van der Waals surface area contributed by atoms with E-state index in [2.05, 4.69) is 10.1 Å². The molecule has 1 aromatic heterocycles. The lowest BCUT2D eigenvalue weighted by Crippen LogP contribution is -2.36. The van der Waals surface area contributed by atoms with Crippen molar-refractivity contribution in [3.05, 3.63) is 47.0 Å². The van der Waals surface area contributed by atoms with Gasteiger partial charge in [0, 0.05) is 28.8 Å². The Labute approximate surface area is 186 Å². The Balaban J connectivity index is 1.40. The van der Waals surface area contributed by atoms with Crippen LogP contribution in [0.25, 0.3) is 22.8 Å². The lowest BCUT2D eigenvalue weighted by Gasteiger charge is -2.27. The quantitative estimate of drug-likeness (QED) is 0.514. The fourth-order valence-electron chi connectivity index (χ4n) is 4.61. The summed E-state index contributed by atoms with van der Waals surface area (Å²) in [5.41, 5.74) is 3.56. The van der Waals surface area contributed by atoms with Crippen LogP contribution in [0.3, 0.4) is 0 Å². The first-order valence-corrected chi connectivity index (χ1v) is 11.0. The molecule has 3 aromatic rings. The molecule has 2 fully saturated rings. The van der Waals surface area contributed by atoms with Gasteiger partial charge in [-0.3, -0.25) is 4.79 Å². The van der Waals surface area contributed by atoms with Crippen LogP contribution in [-0.2, 0) is 4.79 Å². The number of aromatic nitrogens is 2. The molecule has 0 unspecified atom stereocenters. The van der Waals surface area contributed by atoms with Gasteiger partial charge in [-0.2, -0.15) is 4.98 Å². The first-order chi connectivity index (χ1) is 14.9. The number of piperidine rings is 1. The van der Waals surface area contributed by atoms with Crippen LogP contribution in [0.4, 0.5) is 5.69 Å². The number of hydrogen-bond donors (Lipinski definition) is 0. The van der Waals surface area contributed by atoms with Crippen LogP contribution in [0.5, 0.6) is 5.75 Å². The summed E-state index contributed by atoms with van der Waals surface area (Å²) in [7, 11) is 0. The Bertz CT molecular complexity index is 1160. The summed E-state index contributed by atoms with van der Waals surface area (Å²) >= 11 is 6.34. The van der Waals surface area contributed by atoms with E-state index < -0.39 is 0 Å². The van der Waals surface area contributed by atoms with Gasteiger partial charge < -0.3 is 14.2 Å². The van der Waals surface area contributed by atoms with Crippen LogP contribution in [0.2, 0.25) is 5.02 Å². The van der Waals surface area contributed by atoms with Crippen molar-refractivity contribution < 1.29 is 14.1 Å². The minimum absolute atomic E-state index is 0.0373. The third-order valence-corrected chi connectivity index (χ3v) is 6.35. The second-order valence-corrected chi connectivity index (χ2v) is 9.01. The first-order valence-electron chi connectivity index (χ1n) is 10.6. The minimum Gasteiger partial charge on any atom is -0.489 e. The van der Waals surface area contributed by atoms with Crippen molar-refractivity contribution in [1.82, 2.24) is 10.1 Å². The van der Waals surface area contributed by atoms with E-state index in [-0.39, 0.29) is 17.9 Å². The Morgan fingerprint density at radius 1 is 1.19 bits per heavy atom. The number of amides is 1. The van der Waals surface area contributed by atoms with Gasteiger partial charge in [-0.25, -0.2) is 0 Å². The molecule has 1 amide bonds. The van der Waals surface area contributed by atoms with Crippen molar-refractivity contribution >= 4 is 23.2 Å². The minimum atomic E-state index is 0.0373. The van der Waals surface area contributed by atoms with Gasteiger partial charge in [-0.15, -0.1) is 0 Å². The van der Waals surface area contributed by atoms with E-state index in [9.17, 15) is 4.79 Å². The third kappa shape index (κ3) is 3.59. The predicted octanol–water partition coefficient (Wildman–Crippen LogP) is 5.67. The van der Waals surface area contributed by atoms with Crippen LogP contribution in [0, 0.1) is 12.8 Å². The molecular weight excluding hydrogens is 414 g/mol. The molecule has 2 aromatic carbocycles. The summed E-state index contributed by atoms with van der Waals surface area (Å²) < 4.78 is 11.2. The highest BCUT2D eigenvalue weighted by Gasteiger charge is 2.45. The van der Waals surface area contributed by atoms with Gasteiger partial charge in [0.05, 0.1) is 11.1 Å². The monoisotopic (exact) mass is 437 g/mol. The maximum absolute atomic E-state index is 12.6. The van der Waals surface area contributed by atoms with Crippen molar-refractivity contribution in [1.29, 1.82) is 0 Å². The number of halogens is 1. The molecular formula is C24H24ClN3O3. The highest BCUT2D eigenvalue weighted by Crippen LogP contribution is 2.42. The Hall–Kier alpha value is -2.86. The molecule has 0 spiro atoms. The molecule has 1 saturated carbocycles. The van der Waals surface area contributed by atoms with E-state index in [0.29, 0.717) is 28.5 Å². The molecule has 1 saturated heterocycles. The van der Waals surface area contributed by atoms with Gasteiger partial charge in [0.1, 0.15) is 5.75 Å². The van der Waals surface area contributed by atoms with Gasteiger partial charge in [0.2, 0.25) is 11.7 Å². The zero-order valence-electron chi connectivity index (χ0n) is 17.8. The molecule has 6 nitrogen and oxygen atoms in total. The first kappa shape index (κ1) is 20.1. The molecule has 1 aliphatic heterocycles. The van der Waals surface area contributed by atoms with Crippen molar-refractivity contribution in [2.75, 3.05) is 4.90 Å². The molecule has 2 bridgehead atoms. The highest BCUT2D eigenvalue weighted by atomic mass is 35.5. The van der Waals surface area contributed by atoms with E-state index in [0.717, 1.165) is 41.6 Å². The lowest BCUT2D eigenvalue weighted by atomic mass is 10.0. The van der Waals surface area contributed by atoms with E-state index in [1.165, 1.54) is 0 Å². The van der Waals surface area contributed by atoms with Gasteiger partial charge >= 0.3 is 0 Å². The summed E-state index contributed by atoms with van der Waals surface area (Å²) in [4.78, 5) is 19.1. The van der Waals surface area contributed by atoms with E-state index >= 15 is 0 Å². The molecule has 0 radical (unpaired) electrons. The highest BCUT2D eigenvalue weighted by molar-refractivity contribution is 6.32. The third-order valence-electron chi connectivity index (χ3n) is 6.05. The normalized spacial score (nSPS) is 20.2. The number of anilines is 1. The Morgan fingerprint density at radius 3 is 2.71 bits per heavy atom. The Morgan fingerprint density at radius 2 is 2.03 bits per heavy atom. The summed E-state index contributed by atoms with van der Waals surface area (Å²) in [6.07, 6.45) is 3.14. The smallest absolute Gasteiger partial charge is 0.258 e. The zero-order chi connectivity index (χ0) is 21.7. The van der Waals surface area contributed by atoms with Crippen molar-refractivity contribution in [3.8, 4) is 28.6 Å². The molecule has 5 rings (SSSR count). The van der Waals surface area contributed by atoms with Crippen LogP contribution in [0.15, 0.2) is 40.9 Å². The second kappa shape index (κ2) is 7.68. The maximum atomic E-state index is 12.6. The van der Waals surface area contributed by atoms with Crippen molar-refractivity contribution in [3.63, 3.8) is 0 Å². The molecule has 7 heteroatoms.